The van der Waals surface area contributed by atoms with Crippen LogP contribution in [0.5, 0.6) is 11.5 Å². The standard InChI is InChI=1S/C33H38N2O10/c1-19(2)32(38)45-29-20(3)44-33(39)26(17-41-16-24(29)15-23-11-8-10-22-9-6-7-12-25(22)23)35-31(37)28-30(43-18-42-21(4)36)27(40-5)13-14-34-28/h6-14,19-20,24,26,29H,15-18H2,1-5H3,(H,35,37). The fourth-order valence-electron chi connectivity index (χ4n) is 5.00. The summed E-state index contributed by atoms with van der Waals surface area (Å²) in [5.74, 6) is -3.27. The molecule has 2 aromatic carbocycles. The van der Waals surface area contributed by atoms with E-state index in [2.05, 4.69) is 10.3 Å². The Labute approximate surface area is 261 Å². The Hall–Kier alpha value is -4.71. The van der Waals surface area contributed by atoms with Gasteiger partial charge in [0.2, 0.25) is 6.79 Å². The topological polar surface area (TPSA) is 149 Å². The van der Waals surface area contributed by atoms with Crippen LogP contribution in [0.25, 0.3) is 10.8 Å². The second-order valence-corrected chi connectivity index (χ2v) is 11.0. The van der Waals surface area contributed by atoms with Gasteiger partial charge < -0.3 is 33.7 Å². The van der Waals surface area contributed by atoms with Crippen molar-refractivity contribution in [2.45, 2.75) is 52.4 Å². The molecule has 240 valence electrons. The average molecular weight is 623 g/mol. The van der Waals surface area contributed by atoms with E-state index in [-0.39, 0.29) is 36.3 Å². The van der Waals surface area contributed by atoms with E-state index in [9.17, 15) is 19.2 Å². The molecule has 4 unspecified atom stereocenters. The number of hydrogen-bond acceptors (Lipinski definition) is 11. The summed E-state index contributed by atoms with van der Waals surface area (Å²) < 4.78 is 33.3. The molecule has 1 N–H and O–H groups in total. The van der Waals surface area contributed by atoms with Crippen LogP contribution in [-0.4, -0.2) is 74.2 Å². The molecule has 0 radical (unpaired) electrons. The largest absolute Gasteiger partial charge is 0.493 e. The van der Waals surface area contributed by atoms with E-state index < -0.39 is 54.8 Å². The van der Waals surface area contributed by atoms with Gasteiger partial charge in [-0.05, 0) is 29.7 Å². The van der Waals surface area contributed by atoms with E-state index in [1.54, 1.807) is 20.8 Å². The fraction of sp³-hybridized carbons (Fsp3) is 0.424. The maximum absolute atomic E-state index is 13.4. The molecule has 4 rings (SSSR count). The Morgan fingerprint density at radius 3 is 2.56 bits per heavy atom. The maximum atomic E-state index is 13.4. The van der Waals surface area contributed by atoms with Crippen molar-refractivity contribution in [2.24, 2.45) is 11.8 Å². The van der Waals surface area contributed by atoms with Gasteiger partial charge >= 0.3 is 17.9 Å². The van der Waals surface area contributed by atoms with Gasteiger partial charge in [-0.2, -0.15) is 0 Å². The number of ether oxygens (including phenoxy) is 6. The van der Waals surface area contributed by atoms with Crippen molar-refractivity contribution in [3.8, 4) is 11.5 Å². The van der Waals surface area contributed by atoms with Crippen LogP contribution in [0.15, 0.2) is 54.7 Å². The predicted octanol–water partition coefficient (Wildman–Crippen LogP) is 3.63. The first kappa shape index (κ1) is 33.2. The molecule has 1 fully saturated rings. The number of cyclic esters (lactones) is 1. The lowest BCUT2D eigenvalue weighted by Gasteiger charge is -2.31. The fourth-order valence-corrected chi connectivity index (χ4v) is 5.00. The minimum atomic E-state index is -1.23. The third-order valence-electron chi connectivity index (χ3n) is 7.29. The number of rotatable bonds is 10. The summed E-state index contributed by atoms with van der Waals surface area (Å²) in [7, 11) is 1.37. The molecule has 1 aliphatic rings. The van der Waals surface area contributed by atoms with Crippen LogP contribution in [0.2, 0.25) is 0 Å². The highest BCUT2D eigenvalue weighted by Crippen LogP contribution is 2.30. The van der Waals surface area contributed by atoms with Crippen molar-refractivity contribution in [2.75, 3.05) is 27.1 Å². The van der Waals surface area contributed by atoms with Crippen LogP contribution in [-0.2, 0) is 39.8 Å². The molecule has 0 spiro atoms. The van der Waals surface area contributed by atoms with E-state index in [0.29, 0.717) is 6.42 Å². The summed E-state index contributed by atoms with van der Waals surface area (Å²) in [6.45, 7) is 5.73. The van der Waals surface area contributed by atoms with Crippen molar-refractivity contribution in [3.63, 3.8) is 0 Å². The van der Waals surface area contributed by atoms with Crippen LogP contribution in [0.4, 0.5) is 0 Å². The molecular weight excluding hydrogens is 584 g/mol. The molecule has 12 nitrogen and oxygen atoms in total. The van der Waals surface area contributed by atoms with Crippen LogP contribution in [0, 0.1) is 11.8 Å². The van der Waals surface area contributed by atoms with E-state index in [1.807, 2.05) is 42.5 Å². The molecule has 1 amide bonds. The minimum Gasteiger partial charge on any atom is -0.493 e. The van der Waals surface area contributed by atoms with E-state index in [0.717, 1.165) is 16.3 Å². The summed E-state index contributed by atoms with van der Waals surface area (Å²) in [6, 6.07) is 14.2. The van der Waals surface area contributed by atoms with Gasteiger partial charge in [-0.3, -0.25) is 14.4 Å². The van der Waals surface area contributed by atoms with Crippen molar-refractivity contribution in [3.05, 3.63) is 66.0 Å². The number of aromatic nitrogens is 1. The summed E-state index contributed by atoms with van der Waals surface area (Å²) in [5, 5.41) is 4.73. The molecule has 1 aliphatic heterocycles. The SMILES string of the molecule is COc1ccnc(C(=O)NC2COCC(Cc3cccc4ccccc34)C(OC(=O)C(C)C)C(C)OC2=O)c1OCOC(C)=O. The third-order valence-corrected chi connectivity index (χ3v) is 7.29. The number of carbonyl (C=O) groups excluding carboxylic acids is 4. The van der Waals surface area contributed by atoms with Gasteiger partial charge in [-0.1, -0.05) is 56.3 Å². The Kier molecular flexibility index (Phi) is 11.3. The minimum absolute atomic E-state index is 0.0831. The van der Waals surface area contributed by atoms with Crippen molar-refractivity contribution < 1.29 is 47.6 Å². The van der Waals surface area contributed by atoms with Gasteiger partial charge in [-0.25, -0.2) is 9.78 Å². The first-order valence-electron chi connectivity index (χ1n) is 14.6. The smallest absolute Gasteiger partial charge is 0.331 e. The highest BCUT2D eigenvalue weighted by atomic mass is 16.7. The van der Waals surface area contributed by atoms with Gasteiger partial charge in [0.25, 0.3) is 5.91 Å². The van der Waals surface area contributed by atoms with Gasteiger partial charge in [0, 0.05) is 25.1 Å². The Balaban J connectivity index is 1.58. The molecule has 2 heterocycles. The molecule has 4 atom stereocenters. The number of nitrogens with zero attached hydrogens (tertiary/aromatic N) is 1. The lowest BCUT2D eigenvalue weighted by atomic mass is 9.89. The predicted molar refractivity (Wildman–Crippen MR) is 162 cm³/mol. The number of pyridine rings is 1. The zero-order chi connectivity index (χ0) is 32.5. The van der Waals surface area contributed by atoms with Crippen LogP contribution in [0.3, 0.4) is 0 Å². The summed E-state index contributed by atoms with van der Waals surface area (Å²) >= 11 is 0. The van der Waals surface area contributed by atoms with E-state index >= 15 is 0 Å². The number of hydrogen-bond donors (Lipinski definition) is 1. The first-order valence-corrected chi connectivity index (χ1v) is 14.6. The molecule has 0 bridgehead atoms. The molecular formula is C33H38N2O10. The second kappa shape index (κ2) is 15.3. The van der Waals surface area contributed by atoms with Crippen LogP contribution >= 0.6 is 0 Å². The number of carbonyl (C=O) groups is 4. The summed E-state index contributed by atoms with van der Waals surface area (Å²) in [6.07, 6.45) is 0.128. The molecule has 45 heavy (non-hydrogen) atoms. The molecule has 0 aliphatic carbocycles. The number of esters is 3. The average Bonchev–Trinajstić information content (AvgIpc) is 3.06. The number of amides is 1. The lowest BCUT2D eigenvalue weighted by Crippen LogP contribution is -2.47. The van der Waals surface area contributed by atoms with E-state index in [1.165, 1.54) is 26.3 Å². The molecule has 1 saturated heterocycles. The summed E-state index contributed by atoms with van der Waals surface area (Å²) in [4.78, 5) is 54.8. The first-order chi connectivity index (χ1) is 21.6. The normalized spacial score (nSPS) is 20.3. The second-order valence-electron chi connectivity index (χ2n) is 11.0. The number of nitrogens with one attached hydrogen (secondary N) is 1. The van der Waals surface area contributed by atoms with Crippen LogP contribution in [0.1, 0.15) is 43.7 Å². The zero-order valence-electron chi connectivity index (χ0n) is 25.9. The lowest BCUT2D eigenvalue weighted by molar-refractivity contribution is -0.173. The van der Waals surface area contributed by atoms with Gasteiger partial charge in [0.15, 0.2) is 23.2 Å². The Bertz CT molecular complexity index is 1520. The zero-order valence-corrected chi connectivity index (χ0v) is 25.9. The van der Waals surface area contributed by atoms with Crippen LogP contribution < -0.4 is 14.8 Å². The summed E-state index contributed by atoms with van der Waals surface area (Å²) in [5.41, 5.74) is 0.820. The highest BCUT2D eigenvalue weighted by Gasteiger charge is 2.38. The van der Waals surface area contributed by atoms with Crippen molar-refractivity contribution in [1.29, 1.82) is 0 Å². The molecule has 0 saturated carbocycles. The maximum Gasteiger partial charge on any atom is 0.331 e. The monoisotopic (exact) mass is 622 g/mol. The van der Waals surface area contributed by atoms with Gasteiger partial charge in [-0.15, -0.1) is 0 Å². The van der Waals surface area contributed by atoms with Gasteiger partial charge in [0.05, 0.1) is 26.2 Å². The highest BCUT2D eigenvalue weighted by molar-refractivity contribution is 5.98. The number of benzene rings is 2. The molecule has 3 aromatic rings. The van der Waals surface area contributed by atoms with E-state index in [4.69, 9.17) is 28.4 Å². The van der Waals surface area contributed by atoms with Crippen molar-refractivity contribution in [1.82, 2.24) is 10.3 Å². The Morgan fingerprint density at radius 1 is 1.07 bits per heavy atom. The molecule has 12 heteroatoms. The quantitative estimate of drug-likeness (QED) is 0.201. The van der Waals surface area contributed by atoms with Gasteiger partial charge in [0.1, 0.15) is 12.2 Å². The third kappa shape index (κ3) is 8.48. The number of fused-ring (bicyclic) bond motifs is 1. The van der Waals surface area contributed by atoms with Crippen molar-refractivity contribution >= 4 is 34.6 Å². The Morgan fingerprint density at radius 2 is 1.82 bits per heavy atom. The molecule has 1 aromatic heterocycles. The number of methoxy groups -OCH3 is 1.